The van der Waals surface area contributed by atoms with Crippen LogP contribution in [0, 0.1) is 0 Å². The van der Waals surface area contributed by atoms with Gasteiger partial charge in [-0.1, -0.05) is 36.4 Å². The van der Waals surface area contributed by atoms with Crippen molar-refractivity contribution in [3.63, 3.8) is 0 Å². The Kier molecular flexibility index (Phi) is 15.0. The number of para-hydroxylation sites is 2. The minimum Gasteiger partial charge on any atom is -0.493 e. The smallest absolute Gasteiger partial charge is 0.305 e. The van der Waals surface area contributed by atoms with Crippen LogP contribution in [0.4, 0.5) is 28.4 Å². The summed E-state index contributed by atoms with van der Waals surface area (Å²) in [4.78, 5) is 46.3. The summed E-state index contributed by atoms with van der Waals surface area (Å²) in [6.07, 6.45) is 4.06. The van der Waals surface area contributed by atoms with E-state index in [0.717, 1.165) is 51.4 Å². The molecule has 9 rings (SSSR count). The van der Waals surface area contributed by atoms with Gasteiger partial charge < -0.3 is 58.3 Å². The monoisotopic (exact) mass is 953 g/mol. The van der Waals surface area contributed by atoms with Crippen molar-refractivity contribution in [3.05, 3.63) is 136 Å². The zero-order valence-corrected chi connectivity index (χ0v) is 40.0. The fraction of sp³-hybridized carbons (Fsp3) is 0.352. The SMILES string of the molecule is COCCOCCOCCN(CCCC(=O)OC)c1cc(COc2cc3c(cc2OC)C(=O)N2C(=CN3)Cc3ccccc32)cc(COc2cc3c(cc2OC)C(=O)N2c4ccccc4C[C@H]2CN3)c1. The molecule has 366 valence electrons. The van der Waals surface area contributed by atoms with Crippen molar-refractivity contribution in [2.75, 3.05) is 106 Å². The Hall–Kier alpha value is -7.27. The summed E-state index contributed by atoms with van der Waals surface area (Å²) < 4.78 is 46.5. The highest BCUT2D eigenvalue weighted by Crippen LogP contribution is 2.43. The molecule has 0 saturated carbocycles. The second-order valence-electron chi connectivity index (χ2n) is 17.3. The molecule has 0 aliphatic carbocycles. The Morgan fingerprint density at radius 1 is 0.686 bits per heavy atom. The summed E-state index contributed by atoms with van der Waals surface area (Å²) in [5.41, 5.74) is 9.63. The van der Waals surface area contributed by atoms with Gasteiger partial charge in [-0.2, -0.15) is 0 Å². The van der Waals surface area contributed by atoms with Crippen molar-refractivity contribution in [2.45, 2.75) is 44.9 Å². The molecule has 0 saturated heterocycles. The summed E-state index contributed by atoms with van der Waals surface area (Å²) in [7, 11) is 6.14. The third-order valence-electron chi connectivity index (χ3n) is 12.9. The normalized spacial score (nSPS) is 15.1. The fourth-order valence-corrected chi connectivity index (χ4v) is 9.42. The summed E-state index contributed by atoms with van der Waals surface area (Å²) in [5, 5.41) is 6.88. The van der Waals surface area contributed by atoms with E-state index in [1.165, 1.54) is 7.11 Å². The van der Waals surface area contributed by atoms with Gasteiger partial charge in [-0.3, -0.25) is 19.3 Å². The molecule has 0 unspecified atom stereocenters. The lowest BCUT2D eigenvalue weighted by atomic mass is 10.1. The van der Waals surface area contributed by atoms with Crippen LogP contribution in [-0.4, -0.2) is 105 Å². The minimum atomic E-state index is -0.288. The van der Waals surface area contributed by atoms with Crippen molar-refractivity contribution < 1.29 is 52.3 Å². The number of nitrogens with zero attached hydrogens (tertiary/aromatic N) is 3. The molecule has 0 aromatic heterocycles. The zero-order valence-electron chi connectivity index (χ0n) is 40.0. The maximum Gasteiger partial charge on any atom is 0.305 e. The highest BCUT2D eigenvalue weighted by Gasteiger charge is 2.38. The molecular formula is C54H59N5O11. The van der Waals surface area contributed by atoms with Crippen LogP contribution in [0.1, 0.15) is 55.8 Å². The molecule has 4 heterocycles. The van der Waals surface area contributed by atoms with Crippen molar-refractivity contribution in [3.8, 4) is 23.0 Å². The minimum absolute atomic E-state index is 0.0241. The third-order valence-corrected chi connectivity index (χ3v) is 12.9. The number of nitrogens with one attached hydrogen (secondary N) is 2. The molecule has 2 amide bonds. The number of hydrogen-bond acceptors (Lipinski definition) is 14. The van der Waals surface area contributed by atoms with E-state index in [2.05, 4.69) is 27.7 Å². The zero-order chi connectivity index (χ0) is 48.6. The molecule has 2 N–H and O–H groups in total. The lowest BCUT2D eigenvalue weighted by Gasteiger charge is -2.26. The number of carbonyl (C=O) groups is 3. The molecule has 5 aromatic carbocycles. The number of rotatable bonds is 22. The molecule has 1 atom stereocenters. The number of anilines is 5. The number of ether oxygens (including phenoxy) is 8. The van der Waals surface area contributed by atoms with Gasteiger partial charge in [-0.05, 0) is 77.6 Å². The van der Waals surface area contributed by atoms with Gasteiger partial charge in [-0.15, -0.1) is 0 Å². The molecule has 0 bridgehead atoms. The van der Waals surface area contributed by atoms with Crippen LogP contribution in [0.2, 0.25) is 0 Å². The second-order valence-corrected chi connectivity index (χ2v) is 17.3. The maximum absolute atomic E-state index is 14.2. The first kappa shape index (κ1) is 47.8. The highest BCUT2D eigenvalue weighted by atomic mass is 16.5. The van der Waals surface area contributed by atoms with Gasteiger partial charge in [0.2, 0.25) is 0 Å². The maximum atomic E-state index is 14.2. The summed E-state index contributed by atoms with van der Waals surface area (Å²) >= 11 is 0. The molecule has 0 spiro atoms. The van der Waals surface area contributed by atoms with Gasteiger partial charge in [0.25, 0.3) is 11.8 Å². The van der Waals surface area contributed by atoms with E-state index in [1.54, 1.807) is 44.4 Å². The van der Waals surface area contributed by atoms with Crippen molar-refractivity contribution >= 4 is 46.2 Å². The largest absolute Gasteiger partial charge is 0.493 e. The van der Waals surface area contributed by atoms with E-state index in [-0.39, 0.29) is 43.5 Å². The van der Waals surface area contributed by atoms with Crippen molar-refractivity contribution in [1.82, 2.24) is 0 Å². The van der Waals surface area contributed by atoms with Gasteiger partial charge in [-0.25, -0.2) is 0 Å². The predicted octanol–water partition coefficient (Wildman–Crippen LogP) is 7.77. The van der Waals surface area contributed by atoms with E-state index in [4.69, 9.17) is 37.9 Å². The van der Waals surface area contributed by atoms with Gasteiger partial charge >= 0.3 is 5.97 Å². The highest BCUT2D eigenvalue weighted by molar-refractivity contribution is 6.14. The summed E-state index contributed by atoms with van der Waals surface area (Å²) in [5.74, 6) is 1.21. The number of methoxy groups -OCH3 is 4. The van der Waals surface area contributed by atoms with Crippen LogP contribution < -0.4 is 44.3 Å². The number of carbonyl (C=O) groups excluding carboxylic acids is 3. The van der Waals surface area contributed by atoms with Crippen LogP contribution in [0.3, 0.4) is 0 Å². The lowest BCUT2D eigenvalue weighted by Crippen LogP contribution is -2.39. The topological polar surface area (TPSA) is 159 Å². The fourth-order valence-electron chi connectivity index (χ4n) is 9.42. The molecule has 4 aliphatic heterocycles. The average molecular weight is 954 g/mol. The van der Waals surface area contributed by atoms with Gasteiger partial charge in [0.1, 0.15) is 13.2 Å². The molecule has 4 aliphatic rings. The Labute approximate surface area is 407 Å². The van der Waals surface area contributed by atoms with E-state index in [1.807, 2.05) is 71.8 Å². The quantitative estimate of drug-likeness (QED) is 0.0512. The number of hydrogen-bond donors (Lipinski definition) is 2. The number of fused-ring (bicyclic) bond motifs is 8. The number of esters is 1. The predicted molar refractivity (Wildman–Crippen MR) is 266 cm³/mol. The average Bonchev–Trinajstić information content (AvgIpc) is 3.88. The standard InChI is InChI=1S/C54H59N5O11/c1-63-18-19-68-21-20-67-17-16-57(15-9-14-52(60)66-4)39-23-35(33-69-50-29-44-42(27-48(50)64-2)53(61)58-40(31-55-44)25-37-10-5-7-12-46(37)58)22-36(24-39)34-70-51-30-45-43(28-49(51)65-3)54(62)59-41(32-56-45)26-38-11-6-8-13-47(38)59/h5-8,10-13,22-24,27-31,41,55-56H,9,14-21,25-26,32-34H2,1-4H3/t41-/m0/s1. The van der Waals surface area contributed by atoms with Crippen molar-refractivity contribution in [1.29, 1.82) is 0 Å². The Morgan fingerprint density at radius 2 is 1.33 bits per heavy atom. The summed E-state index contributed by atoms with van der Waals surface area (Å²) in [6.45, 7) is 4.12. The number of amides is 2. The second kappa shape index (κ2) is 22.0. The van der Waals surface area contributed by atoms with Gasteiger partial charge in [0.05, 0.1) is 88.6 Å². The molecule has 16 nitrogen and oxygen atoms in total. The van der Waals surface area contributed by atoms with Gasteiger partial charge in [0.15, 0.2) is 23.0 Å². The van der Waals surface area contributed by atoms with E-state index < -0.39 is 0 Å². The first-order chi connectivity index (χ1) is 34.3. The van der Waals surface area contributed by atoms with E-state index in [9.17, 15) is 14.4 Å². The Bertz CT molecular complexity index is 2760. The first-order valence-corrected chi connectivity index (χ1v) is 23.6. The van der Waals surface area contributed by atoms with E-state index >= 15 is 0 Å². The van der Waals surface area contributed by atoms with Crippen molar-refractivity contribution in [2.24, 2.45) is 0 Å². The van der Waals surface area contributed by atoms with Crippen LogP contribution in [0.5, 0.6) is 23.0 Å². The van der Waals surface area contributed by atoms with Crippen LogP contribution in [0.15, 0.2) is 103 Å². The molecule has 16 heteroatoms. The van der Waals surface area contributed by atoms with E-state index in [0.29, 0.717) is 111 Å². The van der Waals surface area contributed by atoms with Crippen LogP contribution in [0.25, 0.3) is 0 Å². The third kappa shape index (κ3) is 10.3. The molecule has 0 fully saturated rings. The first-order valence-electron chi connectivity index (χ1n) is 23.6. The summed E-state index contributed by atoms with van der Waals surface area (Å²) in [6, 6.07) is 29.1. The van der Waals surface area contributed by atoms with Crippen LogP contribution in [-0.2, 0) is 49.8 Å². The van der Waals surface area contributed by atoms with Crippen LogP contribution >= 0.6 is 0 Å². The number of benzene rings is 5. The van der Waals surface area contributed by atoms with Gasteiger partial charge in [0, 0.05) is 75.0 Å². The molecule has 0 radical (unpaired) electrons. The molecule has 70 heavy (non-hydrogen) atoms. The lowest BCUT2D eigenvalue weighted by molar-refractivity contribution is -0.140. The molecule has 5 aromatic rings. The Morgan fingerprint density at radius 3 is 2.03 bits per heavy atom. The Balaban J connectivity index is 0.986. The molecular weight excluding hydrogens is 895 g/mol. The number of allylic oxidation sites excluding steroid dienone is 1.